The van der Waals surface area contributed by atoms with Crippen LogP contribution >= 0.6 is 0 Å². The number of piperidine rings is 1. The average Bonchev–Trinajstić information content (AvgIpc) is 2.91. The number of methoxy groups -OCH3 is 1. The third kappa shape index (κ3) is 3.73. The lowest BCUT2D eigenvalue weighted by Gasteiger charge is -2.38. The Morgan fingerprint density at radius 3 is 2.80 bits per heavy atom. The van der Waals surface area contributed by atoms with Crippen LogP contribution in [-0.4, -0.2) is 42.6 Å². The highest BCUT2D eigenvalue weighted by atomic mass is 16.5. The normalized spacial score (nSPS) is 29.8. The predicted octanol–water partition coefficient (Wildman–Crippen LogP) is 2.31. The van der Waals surface area contributed by atoms with Gasteiger partial charge in [-0.1, -0.05) is 6.42 Å². The summed E-state index contributed by atoms with van der Waals surface area (Å²) in [5.74, 6) is 0.657. The first-order valence-corrected chi connectivity index (χ1v) is 8.16. The molecule has 0 bridgehead atoms. The average molecular weight is 282 g/mol. The van der Waals surface area contributed by atoms with Crippen molar-refractivity contribution < 1.29 is 9.53 Å². The largest absolute Gasteiger partial charge is 0.468 e. The molecule has 1 heterocycles. The third-order valence-corrected chi connectivity index (χ3v) is 5.15. The lowest BCUT2D eigenvalue weighted by Crippen LogP contribution is -2.46. The molecule has 2 aliphatic rings. The van der Waals surface area contributed by atoms with Crippen LogP contribution in [0.5, 0.6) is 0 Å². The fraction of sp³-hybridized carbons (Fsp3) is 0.938. The first-order chi connectivity index (χ1) is 9.54. The summed E-state index contributed by atoms with van der Waals surface area (Å²) >= 11 is 0. The molecule has 1 saturated carbocycles. The van der Waals surface area contributed by atoms with Crippen molar-refractivity contribution in [3.63, 3.8) is 0 Å². The Hall–Kier alpha value is -0.610. The molecule has 4 nitrogen and oxygen atoms in total. The summed E-state index contributed by atoms with van der Waals surface area (Å²) in [6, 6.07) is 0.841. The molecule has 0 aromatic carbocycles. The molecule has 2 rings (SSSR count). The second-order valence-electron chi connectivity index (χ2n) is 6.80. The SMILES string of the molecule is COC(=O)C(C)(N)CCCCN1CCCC2CCCC21. The van der Waals surface area contributed by atoms with E-state index in [1.807, 2.05) is 0 Å². The molecule has 1 saturated heterocycles. The van der Waals surface area contributed by atoms with Crippen LogP contribution in [0.2, 0.25) is 0 Å². The Kier molecular flexibility index (Phi) is 5.44. The molecule has 0 amide bonds. The number of likely N-dealkylation sites (tertiary alicyclic amines) is 1. The number of hydrogen-bond donors (Lipinski definition) is 1. The van der Waals surface area contributed by atoms with Crippen molar-refractivity contribution in [2.75, 3.05) is 20.2 Å². The molecule has 3 atom stereocenters. The molecule has 2 fully saturated rings. The van der Waals surface area contributed by atoms with Crippen molar-refractivity contribution in [3.05, 3.63) is 0 Å². The van der Waals surface area contributed by atoms with Gasteiger partial charge in [0.25, 0.3) is 0 Å². The van der Waals surface area contributed by atoms with Gasteiger partial charge in [-0.15, -0.1) is 0 Å². The lowest BCUT2D eigenvalue weighted by atomic mass is 9.91. The molecule has 3 unspecified atom stereocenters. The number of nitrogens with zero attached hydrogens (tertiary/aromatic N) is 1. The van der Waals surface area contributed by atoms with Crippen LogP contribution in [-0.2, 0) is 9.53 Å². The zero-order chi connectivity index (χ0) is 14.6. The summed E-state index contributed by atoms with van der Waals surface area (Å²) in [6.45, 7) is 4.20. The number of carbonyl (C=O) groups is 1. The van der Waals surface area contributed by atoms with Gasteiger partial charge >= 0.3 is 5.97 Å². The minimum absolute atomic E-state index is 0.300. The fourth-order valence-corrected chi connectivity index (χ4v) is 3.98. The van der Waals surface area contributed by atoms with E-state index < -0.39 is 5.54 Å². The van der Waals surface area contributed by atoms with Crippen LogP contribution in [0.25, 0.3) is 0 Å². The van der Waals surface area contributed by atoms with Gasteiger partial charge in [-0.05, 0) is 70.9 Å². The van der Waals surface area contributed by atoms with Gasteiger partial charge in [-0.2, -0.15) is 0 Å². The van der Waals surface area contributed by atoms with E-state index in [0.29, 0.717) is 6.42 Å². The second-order valence-corrected chi connectivity index (χ2v) is 6.80. The van der Waals surface area contributed by atoms with Crippen LogP contribution in [0.4, 0.5) is 0 Å². The maximum atomic E-state index is 11.5. The Bertz CT molecular complexity index is 330. The van der Waals surface area contributed by atoms with Crippen LogP contribution in [0.3, 0.4) is 0 Å². The molecule has 0 aromatic rings. The molecule has 0 aromatic heterocycles. The molecule has 0 spiro atoms. The van der Waals surface area contributed by atoms with Crippen LogP contribution in [0.15, 0.2) is 0 Å². The summed E-state index contributed by atoms with van der Waals surface area (Å²) in [4.78, 5) is 14.2. The molecule has 1 aliphatic carbocycles. The van der Waals surface area contributed by atoms with Crippen molar-refractivity contribution in [2.45, 2.75) is 69.9 Å². The first kappa shape index (κ1) is 15.8. The van der Waals surface area contributed by atoms with Gasteiger partial charge < -0.3 is 15.4 Å². The topological polar surface area (TPSA) is 55.6 Å². The van der Waals surface area contributed by atoms with Gasteiger partial charge in [0.15, 0.2) is 0 Å². The van der Waals surface area contributed by atoms with E-state index in [-0.39, 0.29) is 5.97 Å². The second kappa shape index (κ2) is 6.90. The summed E-state index contributed by atoms with van der Waals surface area (Å²) < 4.78 is 4.74. The van der Waals surface area contributed by atoms with Gasteiger partial charge in [-0.3, -0.25) is 4.79 Å². The zero-order valence-corrected chi connectivity index (χ0v) is 13.1. The summed E-state index contributed by atoms with van der Waals surface area (Å²) in [5, 5.41) is 0. The van der Waals surface area contributed by atoms with Crippen molar-refractivity contribution in [3.8, 4) is 0 Å². The van der Waals surface area contributed by atoms with Crippen LogP contribution in [0.1, 0.15) is 58.3 Å². The first-order valence-electron chi connectivity index (χ1n) is 8.16. The highest BCUT2D eigenvalue weighted by Gasteiger charge is 2.34. The Morgan fingerprint density at radius 1 is 1.30 bits per heavy atom. The van der Waals surface area contributed by atoms with Crippen LogP contribution in [0, 0.1) is 5.92 Å². The van der Waals surface area contributed by atoms with E-state index in [9.17, 15) is 4.79 Å². The number of fused-ring (bicyclic) bond motifs is 1. The highest BCUT2D eigenvalue weighted by Crippen LogP contribution is 2.36. The number of unbranched alkanes of at least 4 members (excludes halogenated alkanes) is 1. The van der Waals surface area contributed by atoms with E-state index in [0.717, 1.165) is 24.8 Å². The Morgan fingerprint density at radius 2 is 2.05 bits per heavy atom. The molecule has 2 N–H and O–H groups in total. The van der Waals surface area contributed by atoms with E-state index in [1.54, 1.807) is 6.92 Å². The Balaban J connectivity index is 1.69. The van der Waals surface area contributed by atoms with Crippen LogP contribution < -0.4 is 5.73 Å². The van der Waals surface area contributed by atoms with Crippen molar-refractivity contribution in [1.82, 2.24) is 4.90 Å². The van der Waals surface area contributed by atoms with Gasteiger partial charge in [0.1, 0.15) is 5.54 Å². The van der Waals surface area contributed by atoms with Gasteiger partial charge in [0, 0.05) is 6.04 Å². The molecular weight excluding hydrogens is 252 g/mol. The number of hydrogen-bond acceptors (Lipinski definition) is 4. The number of carbonyl (C=O) groups excluding carboxylic acids is 1. The smallest absolute Gasteiger partial charge is 0.325 e. The standard InChI is InChI=1S/C16H30N2O2/c1-16(17,15(19)20-2)10-3-4-11-18-12-6-8-13-7-5-9-14(13)18/h13-14H,3-12,17H2,1-2H3. The minimum atomic E-state index is -0.827. The quantitative estimate of drug-likeness (QED) is 0.600. The van der Waals surface area contributed by atoms with E-state index in [2.05, 4.69) is 4.90 Å². The molecule has 0 radical (unpaired) electrons. The lowest BCUT2D eigenvalue weighted by molar-refractivity contribution is -0.146. The third-order valence-electron chi connectivity index (χ3n) is 5.15. The minimum Gasteiger partial charge on any atom is -0.468 e. The van der Waals surface area contributed by atoms with Crippen molar-refractivity contribution in [2.24, 2.45) is 11.7 Å². The predicted molar refractivity (Wildman–Crippen MR) is 80.4 cm³/mol. The van der Waals surface area contributed by atoms with E-state index >= 15 is 0 Å². The van der Waals surface area contributed by atoms with Gasteiger partial charge in [0.05, 0.1) is 7.11 Å². The summed E-state index contributed by atoms with van der Waals surface area (Å²) in [6.07, 6.45) is 9.87. The van der Waals surface area contributed by atoms with E-state index in [1.165, 1.54) is 52.3 Å². The van der Waals surface area contributed by atoms with Crippen molar-refractivity contribution in [1.29, 1.82) is 0 Å². The fourth-order valence-electron chi connectivity index (χ4n) is 3.98. The number of nitrogens with two attached hydrogens (primary N) is 1. The molecule has 116 valence electrons. The molecular formula is C16H30N2O2. The zero-order valence-electron chi connectivity index (χ0n) is 13.1. The summed E-state index contributed by atoms with van der Waals surface area (Å²) in [5.41, 5.74) is 5.16. The maximum absolute atomic E-state index is 11.5. The highest BCUT2D eigenvalue weighted by molar-refractivity contribution is 5.79. The monoisotopic (exact) mass is 282 g/mol. The van der Waals surface area contributed by atoms with Gasteiger partial charge in [0.2, 0.25) is 0 Å². The number of rotatable bonds is 6. The van der Waals surface area contributed by atoms with E-state index in [4.69, 9.17) is 10.5 Å². The number of ether oxygens (including phenoxy) is 1. The Labute approximate surface area is 123 Å². The maximum Gasteiger partial charge on any atom is 0.325 e. The van der Waals surface area contributed by atoms with Crippen molar-refractivity contribution >= 4 is 5.97 Å². The number of esters is 1. The molecule has 4 heteroatoms. The molecule has 20 heavy (non-hydrogen) atoms. The molecule has 1 aliphatic heterocycles. The van der Waals surface area contributed by atoms with Gasteiger partial charge in [-0.25, -0.2) is 0 Å². The summed E-state index contributed by atoms with van der Waals surface area (Å²) in [7, 11) is 1.40.